The molecule has 2 aromatic carbocycles. The molecule has 6 heteroatoms. The number of pyridine rings is 1. The van der Waals surface area contributed by atoms with Crippen LogP contribution in [-0.2, 0) is 4.74 Å². The van der Waals surface area contributed by atoms with Crippen LogP contribution in [0.15, 0.2) is 61.1 Å². The summed E-state index contributed by atoms with van der Waals surface area (Å²) in [5.74, 6) is 5.71. The van der Waals surface area contributed by atoms with Crippen LogP contribution in [0.3, 0.4) is 0 Å². The van der Waals surface area contributed by atoms with Crippen molar-refractivity contribution in [1.29, 1.82) is 0 Å². The van der Waals surface area contributed by atoms with Crippen molar-refractivity contribution in [1.82, 2.24) is 14.5 Å². The van der Waals surface area contributed by atoms with Gasteiger partial charge in [0.2, 0.25) is 0 Å². The summed E-state index contributed by atoms with van der Waals surface area (Å²) in [6, 6.07) is 14.7. The van der Waals surface area contributed by atoms with E-state index >= 15 is 0 Å². The second kappa shape index (κ2) is 8.19. The standard InChI is InChI=1S/C26H22FN3O2/c1-16(2)30-15-29-25(18-4-7-21(27)8-5-18)26(30)19-6-9-22-20(12-19)11-17(13-28-22)3-10-24-23(31)14-32-24/h4-9,11-13,15-16,23-24,31H,14H2,1-2H3. The van der Waals surface area contributed by atoms with Gasteiger partial charge in [0.1, 0.15) is 18.0 Å². The molecule has 1 aliphatic rings. The first-order chi connectivity index (χ1) is 15.5. The summed E-state index contributed by atoms with van der Waals surface area (Å²) in [4.78, 5) is 9.17. The lowest BCUT2D eigenvalue weighted by molar-refractivity contribution is -0.132. The van der Waals surface area contributed by atoms with Crippen molar-refractivity contribution in [3.63, 3.8) is 0 Å². The fraction of sp³-hybridized carbons (Fsp3) is 0.231. The number of hydrogen-bond acceptors (Lipinski definition) is 4. The third-order valence-corrected chi connectivity index (χ3v) is 5.58. The van der Waals surface area contributed by atoms with E-state index < -0.39 is 12.2 Å². The van der Waals surface area contributed by atoms with Gasteiger partial charge in [0.15, 0.2) is 0 Å². The summed E-state index contributed by atoms with van der Waals surface area (Å²) in [5.41, 5.74) is 5.24. The molecule has 1 saturated heterocycles. The Morgan fingerprint density at radius 3 is 2.56 bits per heavy atom. The first-order valence-electron chi connectivity index (χ1n) is 10.5. The second-order valence-electron chi connectivity index (χ2n) is 8.17. The summed E-state index contributed by atoms with van der Waals surface area (Å²) >= 11 is 0. The Bertz CT molecular complexity index is 1350. The fourth-order valence-electron chi connectivity index (χ4n) is 3.78. The predicted molar refractivity (Wildman–Crippen MR) is 121 cm³/mol. The van der Waals surface area contributed by atoms with Crippen LogP contribution in [0.1, 0.15) is 25.5 Å². The van der Waals surface area contributed by atoms with Gasteiger partial charge in [0.25, 0.3) is 0 Å². The van der Waals surface area contributed by atoms with E-state index in [9.17, 15) is 9.50 Å². The summed E-state index contributed by atoms with van der Waals surface area (Å²) in [6.45, 7) is 4.54. The smallest absolute Gasteiger partial charge is 0.146 e. The summed E-state index contributed by atoms with van der Waals surface area (Å²) < 4.78 is 20.8. The third kappa shape index (κ3) is 3.77. The maximum Gasteiger partial charge on any atom is 0.146 e. The molecule has 2 atom stereocenters. The highest BCUT2D eigenvalue weighted by atomic mass is 19.1. The molecule has 160 valence electrons. The molecule has 1 fully saturated rings. The molecule has 5 nitrogen and oxygen atoms in total. The van der Waals surface area contributed by atoms with Crippen molar-refractivity contribution < 1.29 is 14.2 Å². The number of aliphatic hydroxyl groups is 1. The van der Waals surface area contributed by atoms with Crippen LogP contribution in [0, 0.1) is 17.7 Å². The van der Waals surface area contributed by atoms with Crippen molar-refractivity contribution in [2.45, 2.75) is 32.1 Å². The largest absolute Gasteiger partial charge is 0.387 e. The van der Waals surface area contributed by atoms with Gasteiger partial charge >= 0.3 is 0 Å². The van der Waals surface area contributed by atoms with Crippen molar-refractivity contribution in [2.75, 3.05) is 6.61 Å². The van der Waals surface area contributed by atoms with Gasteiger partial charge in [-0.15, -0.1) is 0 Å². The molecule has 1 aliphatic heterocycles. The number of nitrogens with zero attached hydrogens (tertiary/aromatic N) is 3. The van der Waals surface area contributed by atoms with E-state index in [1.54, 1.807) is 18.3 Å². The second-order valence-corrected chi connectivity index (χ2v) is 8.17. The minimum atomic E-state index is -0.524. The van der Waals surface area contributed by atoms with Gasteiger partial charge in [0, 0.05) is 34.3 Å². The van der Waals surface area contributed by atoms with Gasteiger partial charge in [-0.3, -0.25) is 4.98 Å². The van der Waals surface area contributed by atoms with Crippen LogP contribution in [0.5, 0.6) is 0 Å². The Balaban J connectivity index is 1.59. The molecule has 0 bridgehead atoms. The zero-order valence-electron chi connectivity index (χ0n) is 17.8. The molecule has 2 aromatic heterocycles. The van der Waals surface area contributed by atoms with E-state index in [1.165, 1.54) is 12.1 Å². The highest BCUT2D eigenvalue weighted by Gasteiger charge is 2.27. The van der Waals surface area contributed by atoms with Gasteiger partial charge in [0.05, 0.1) is 29.8 Å². The Kier molecular flexibility index (Phi) is 5.22. The molecule has 32 heavy (non-hydrogen) atoms. The highest BCUT2D eigenvalue weighted by molar-refractivity contribution is 5.88. The van der Waals surface area contributed by atoms with Crippen LogP contribution >= 0.6 is 0 Å². The highest BCUT2D eigenvalue weighted by Crippen LogP contribution is 2.34. The Hall–Kier alpha value is -3.53. The number of rotatable bonds is 3. The molecule has 0 aliphatic carbocycles. The predicted octanol–water partition coefficient (Wildman–Crippen LogP) is 4.60. The number of aliphatic hydroxyl groups excluding tert-OH is 1. The van der Waals surface area contributed by atoms with E-state index in [4.69, 9.17) is 4.74 Å². The van der Waals surface area contributed by atoms with E-state index in [-0.39, 0.29) is 11.9 Å². The number of imidazole rings is 1. The number of benzene rings is 2. The zero-order chi connectivity index (χ0) is 22.2. The molecule has 0 amide bonds. The number of ether oxygens (including phenoxy) is 1. The van der Waals surface area contributed by atoms with E-state index in [0.717, 1.165) is 39.0 Å². The SMILES string of the molecule is CC(C)n1cnc(-c2ccc(F)cc2)c1-c1ccc2ncc(C#CC3OCC3O)cc2c1. The molecule has 0 saturated carbocycles. The topological polar surface area (TPSA) is 60.2 Å². The fourth-order valence-corrected chi connectivity index (χ4v) is 3.78. The van der Waals surface area contributed by atoms with Crippen LogP contribution in [-0.4, -0.2) is 38.5 Å². The van der Waals surface area contributed by atoms with Crippen molar-refractivity contribution in [2.24, 2.45) is 0 Å². The molecule has 3 heterocycles. The summed E-state index contributed by atoms with van der Waals surface area (Å²) in [7, 11) is 0. The molecule has 0 spiro atoms. The third-order valence-electron chi connectivity index (χ3n) is 5.58. The molecule has 1 N–H and O–H groups in total. The van der Waals surface area contributed by atoms with Crippen LogP contribution < -0.4 is 0 Å². The van der Waals surface area contributed by atoms with E-state index in [0.29, 0.717) is 6.61 Å². The first kappa shape index (κ1) is 20.4. The van der Waals surface area contributed by atoms with E-state index in [1.807, 2.05) is 24.5 Å². The lowest BCUT2D eigenvalue weighted by Gasteiger charge is -2.28. The Morgan fingerprint density at radius 1 is 1.09 bits per heavy atom. The monoisotopic (exact) mass is 427 g/mol. The number of hydrogen-bond donors (Lipinski definition) is 1. The summed E-state index contributed by atoms with van der Waals surface area (Å²) in [6.07, 6.45) is 2.59. The maximum atomic E-state index is 13.5. The average Bonchev–Trinajstić information content (AvgIpc) is 3.23. The molecule has 0 radical (unpaired) electrons. The number of aromatic nitrogens is 3. The zero-order valence-corrected chi connectivity index (χ0v) is 17.8. The molecule has 4 aromatic rings. The van der Waals surface area contributed by atoms with Gasteiger partial charge in [-0.2, -0.15) is 0 Å². The van der Waals surface area contributed by atoms with Gasteiger partial charge in [-0.1, -0.05) is 17.9 Å². The average molecular weight is 427 g/mol. The lowest BCUT2D eigenvalue weighted by atomic mass is 10.0. The Morgan fingerprint density at radius 2 is 1.88 bits per heavy atom. The molecule has 5 rings (SSSR count). The number of fused-ring (bicyclic) bond motifs is 1. The normalized spacial score (nSPS) is 17.8. The maximum absolute atomic E-state index is 13.5. The van der Waals surface area contributed by atoms with Crippen LogP contribution in [0.2, 0.25) is 0 Å². The quantitative estimate of drug-likeness (QED) is 0.486. The van der Waals surface area contributed by atoms with Gasteiger partial charge in [-0.25, -0.2) is 9.37 Å². The number of halogens is 1. The minimum Gasteiger partial charge on any atom is -0.387 e. The molecular formula is C26H22FN3O2. The summed E-state index contributed by atoms with van der Waals surface area (Å²) in [5, 5.41) is 10.6. The van der Waals surface area contributed by atoms with Gasteiger partial charge < -0.3 is 14.4 Å². The van der Waals surface area contributed by atoms with E-state index in [2.05, 4.69) is 46.3 Å². The van der Waals surface area contributed by atoms with Crippen LogP contribution in [0.25, 0.3) is 33.4 Å². The van der Waals surface area contributed by atoms with Crippen LogP contribution in [0.4, 0.5) is 4.39 Å². The van der Waals surface area contributed by atoms with Crippen molar-refractivity contribution >= 4 is 10.9 Å². The van der Waals surface area contributed by atoms with Gasteiger partial charge in [-0.05, 0) is 56.3 Å². The lowest BCUT2D eigenvalue weighted by Crippen LogP contribution is -2.43. The first-order valence-corrected chi connectivity index (χ1v) is 10.5. The molecule has 2 unspecified atom stereocenters. The molecular weight excluding hydrogens is 405 g/mol. The Labute approximate surface area is 185 Å². The van der Waals surface area contributed by atoms with Crippen molar-refractivity contribution in [3.8, 4) is 34.4 Å². The minimum absolute atomic E-state index is 0.201. The van der Waals surface area contributed by atoms with Crippen molar-refractivity contribution in [3.05, 3.63) is 72.4 Å².